The van der Waals surface area contributed by atoms with Crippen LogP contribution in [0.3, 0.4) is 0 Å². The fraction of sp³-hybridized carbons (Fsp3) is 0.680. The van der Waals surface area contributed by atoms with E-state index in [1.807, 2.05) is 88.2 Å². The first-order chi connectivity index (χ1) is 65.0. The third kappa shape index (κ3) is 32.3. The summed E-state index contributed by atoms with van der Waals surface area (Å²) in [6, 6.07) is 31.2. The van der Waals surface area contributed by atoms with Crippen LogP contribution in [0.5, 0.6) is 0 Å². The maximum Gasteiger partial charge on any atom is 0.534 e. The highest BCUT2D eigenvalue weighted by Gasteiger charge is 2.62. The first-order valence-electron chi connectivity index (χ1n) is 46.4. The number of rotatable bonds is 20. The summed E-state index contributed by atoms with van der Waals surface area (Å²) in [5, 5.41) is 12.0. The fourth-order valence-corrected chi connectivity index (χ4v) is 21.6. The molecule has 1 radical (unpaired) electrons. The van der Waals surface area contributed by atoms with Crippen molar-refractivity contribution in [2.75, 3.05) is 105 Å². The Bertz CT molecular complexity index is 4620. The summed E-state index contributed by atoms with van der Waals surface area (Å²) in [7, 11) is -7.90. The van der Waals surface area contributed by atoms with Gasteiger partial charge in [-0.3, -0.25) is 14.4 Å². The molecule has 0 aromatic heterocycles. The van der Waals surface area contributed by atoms with Crippen LogP contribution < -0.4 is 32.9 Å². The van der Waals surface area contributed by atoms with Gasteiger partial charge < -0.3 is 92.2 Å². The lowest BCUT2D eigenvalue weighted by Crippen LogP contribution is -3.00. The summed E-state index contributed by atoms with van der Waals surface area (Å²) >= 11 is 0. The minimum atomic E-state index is -6.22. The van der Waals surface area contributed by atoms with E-state index in [0.717, 1.165) is 31.8 Å². The molecule has 4 atom stereocenters. The lowest BCUT2D eigenvalue weighted by atomic mass is 9.83. The van der Waals surface area contributed by atoms with Crippen molar-refractivity contribution in [2.24, 2.45) is 50.7 Å². The molecule has 11 saturated heterocycles. The molecule has 16 aliphatic rings. The summed E-state index contributed by atoms with van der Waals surface area (Å²) < 4.78 is 303. The van der Waals surface area contributed by atoms with Gasteiger partial charge in [0, 0.05) is 116 Å². The largest absolute Gasteiger partial charge is 1.00 e. The number of carboxylic acids is 1. The molecule has 22 nitrogen and oxygen atoms in total. The second kappa shape index (κ2) is 50.8. The van der Waals surface area contributed by atoms with Gasteiger partial charge in [-0.05, 0) is 131 Å². The molecule has 0 amide bonds. The zero-order valence-electron chi connectivity index (χ0n) is 78.7. The zero-order chi connectivity index (χ0) is 101. The quantitative estimate of drug-likeness (QED) is 0.0161. The Morgan fingerprint density at radius 1 is 0.489 bits per heavy atom. The van der Waals surface area contributed by atoms with Gasteiger partial charge in [-0.1, -0.05) is 146 Å². The Hall–Kier alpha value is -6.83. The van der Waals surface area contributed by atoms with E-state index in [1.165, 1.54) is 22.7 Å². The van der Waals surface area contributed by atoms with Crippen LogP contribution in [0, 0.1) is 74.4 Å². The molecule has 139 heavy (non-hydrogen) atoms. The standard InChI is InChI=1S/C25H26O3P.C16H21F5O6S.C15H22F2O4.C15H20F2O4.C15H20F2O3.C10H12F2O2.CH3BF.BrH.F2/c1-25(18-27-19-25)20-28-24(26)17-29(21-11-5-2-6-12-21,22-13-7-3-8-14-22)23-15-9-4-10-16-23;1-13-8-24-14(25-9-13,26-10-13)7-11-5-3-2-4-6-12(15(11,17)18)27-28(22,23)16(19,20)21;1-13-8-19-14(20-9-13,21-10-13)7-11-5-3-2-4-6-12(18)15(11,16)17;1-14(8-20-9-14)10-21-13(19)7-11-5-3-2-4-6-12(18)15(11,16)17;1-13-9-18-15(19-10-13,20-11-13)8-12-6-4-2-3-5-7-14(12,16)17;11-10(12)6-4-2-1-3-5-8(10)7-9(13)14;1-2-3;;1-2/h2-16H,17-20H2,1H3;6,11H,2-5,7-10H2,1H3;11H,2-10H2,1H3;7H,2-6,8-10H2,1H3;12H,2-4,6,8-11H2,1H3;8H,1-3,5,7H2,(H,13,14);1H3;1H;/q+1;;;;;;;;/p-1/b;12-6+;;;;;;;. The predicted octanol–water partition coefficient (Wildman–Crippen LogP) is 16.5. The normalized spacial score (nSPS) is 30.4. The SMILES string of the molecule is CC1(COC(=O)C=C2CCCCCC(=O)C2(F)F)COC1.CC1(COC(=O)C[P+](c2ccccc2)(c2ccccc2)c2ccccc2)COC1.CC12COC(CC3CCCC/C=C(/OS(=O)(=O)C(F)(F)F)C3(F)F)(OC1)OC2.CC12COC(CC3CCCCC#CC3(F)F)(OC1)OC2.CC12COC(CC3CCCCCC(=O)C3(F)F)(OC1)OC2.C[B]F.FF.O=C(O)CC1CCCCC#CC1(F)F.[Br-]. The number of halogens is 17. The Labute approximate surface area is 812 Å². The molecule has 5 aliphatic carbocycles. The third-order valence-electron chi connectivity index (χ3n) is 25.7. The molecule has 11 heterocycles. The van der Waals surface area contributed by atoms with Gasteiger partial charge in [0.15, 0.2) is 11.9 Å². The molecule has 3 aromatic carbocycles. The molecule has 3 aromatic rings. The summed E-state index contributed by atoms with van der Waals surface area (Å²) in [5.74, 6) is -22.9. The molecular weight excluding hydrogens is 1970 g/mol. The Kier molecular flexibility index (Phi) is 42.9. The van der Waals surface area contributed by atoms with E-state index in [2.05, 4.69) is 65.3 Å². The number of carboxylic acid groups (broad SMARTS) is 1. The van der Waals surface area contributed by atoms with Gasteiger partial charge in [0.2, 0.25) is 11.6 Å². The van der Waals surface area contributed by atoms with Crippen LogP contribution in [-0.4, -0.2) is 209 Å². The average Bonchev–Trinajstić information content (AvgIpc) is 0.760. The van der Waals surface area contributed by atoms with Crippen LogP contribution in [0.15, 0.2) is 114 Å². The van der Waals surface area contributed by atoms with Gasteiger partial charge in [-0.15, -0.1) is 0 Å². The van der Waals surface area contributed by atoms with E-state index in [4.69, 9.17) is 75.8 Å². The van der Waals surface area contributed by atoms with Crippen LogP contribution in [0.2, 0.25) is 6.82 Å². The molecule has 2 saturated carbocycles. The monoisotopic (exact) mass is 2100 g/mol. The van der Waals surface area contributed by atoms with E-state index < -0.39 is 142 Å². The number of carbonyl (C=O) groups excluding carboxylic acids is 4. The van der Waals surface area contributed by atoms with Crippen LogP contribution in [-0.2, 0) is 99.9 Å². The number of hydrogen-bond donors (Lipinski definition) is 1. The molecule has 777 valence electrons. The lowest BCUT2D eigenvalue weighted by molar-refractivity contribution is -0.472. The fourth-order valence-electron chi connectivity index (χ4n) is 17.2. The number of Topliss-reactive ketones (excluding diaryl/α,β-unsaturated/α-hetero) is 2. The van der Waals surface area contributed by atoms with Crippen molar-refractivity contribution in [1.82, 2.24) is 0 Å². The maximum atomic E-state index is 15.1. The van der Waals surface area contributed by atoms with Gasteiger partial charge in [0.05, 0.1) is 92.3 Å². The number of aliphatic carboxylic acids is 1. The third-order valence-corrected chi connectivity index (χ3v) is 31.0. The highest BCUT2D eigenvalue weighted by Crippen LogP contribution is 2.57. The van der Waals surface area contributed by atoms with Crippen LogP contribution >= 0.6 is 7.26 Å². The molecular formula is C97H124BBrF16O22PS. The van der Waals surface area contributed by atoms with E-state index >= 15 is 8.78 Å². The van der Waals surface area contributed by atoms with E-state index in [1.54, 1.807) is 0 Å². The topological polar surface area (TPSA) is 269 Å². The second-order valence-corrected chi connectivity index (χ2v) is 43.8. The number of ketones is 2. The van der Waals surface area contributed by atoms with Gasteiger partial charge in [-0.25, -0.2) is 9.59 Å². The molecule has 1 N–H and O–H groups in total. The van der Waals surface area contributed by atoms with E-state index in [0.29, 0.717) is 170 Å². The Morgan fingerprint density at radius 2 is 0.842 bits per heavy atom. The number of allylic oxidation sites excluding steroid dienone is 3. The highest BCUT2D eigenvalue weighted by atomic mass is 79.9. The number of fused-ring (bicyclic) bond motifs is 9. The van der Waals surface area contributed by atoms with Crippen molar-refractivity contribution in [1.29, 1.82) is 0 Å². The molecule has 19 rings (SSSR count). The molecule has 13 fully saturated rings. The van der Waals surface area contributed by atoms with Gasteiger partial charge >= 0.3 is 70.7 Å². The Balaban J connectivity index is 0.000000205. The van der Waals surface area contributed by atoms with Crippen molar-refractivity contribution in [3.8, 4) is 23.7 Å². The first kappa shape index (κ1) is 117. The summed E-state index contributed by atoms with van der Waals surface area (Å²) in [5.41, 5.74) is -7.25. The Morgan fingerprint density at radius 3 is 1.24 bits per heavy atom. The number of esters is 2. The summed E-state index contributed by atoms with van der Waals surface area (Å²) in [6.07, 6.45) is 10.2. The first-order valence-corrected chi connectivity index (χ1v) is 49.8. The summed E-state index contributed by atoms with van der Waals surface area (Å²) in [4.78, 5) is 58.4. The molecule has 42 heteroatoms. The zero-order valence-corrected chi connectivity index (χ0v) is 82.0. The maximum absolute atomic E-state index is 15.1. The molecule has 4 unspecified atom stereocenters. The van der Waals surface area contributed by atoms with Gasteiger partial charge in [-0.2, -0.15) is 65.5 Å². The second-order valence-electron chi connectivity index (χ2n) is 38.8. The van der Waals surface area contributed by atoms with Crippen molar-refractivity contribution >= 4 is 70.3 Å². The summed E-state index contributed by atoms with van der Waals surface area (Å²) in [6.45, 7) is 17.5. The van der Waals surface area contributed by atoms with Crippen molar-refractivity contribution in [3.63, 3.8) is 0 Å². The smallest absolute Gasteiger partial charge is 0.534 e. The number of carbonyl (C=O) groups is 5. The number of ether oxygens (including phenoxy) is 13. The van der Waals surface area contributed by atoms with Crippen LogP contribution in [0.25, 0.3) is 0 Å². The molecule has 6 bridgehead atoms. The molecule has 11 aliphatic heterocycles. The van der Waals surface area contributed by atoms with Crippen LogP contribution in [0.4, 0.5) is 70.5 Å². The van der Waals surface area contributed by atoms with Crippen molar-refractivity contribution in [2.45, 2.75) is 261 Å². The average molecular weight is 2100 g/mol. The predicted molar refractivity (Wildman–Crippen MR) is 475 cm³/mol. The minimum absolute atomic E-state index is 0. The van der Waals surface area contributed by atoms with Crippen molar-refractivity contribution < 1.29 is 191 Å². The highest BCUT2D eigenvalue weighted by molar-refractivity contribution is 7.96. The lowest BCUT2D eigenvalue weighted by Gasteiger charge is -2.51. The molecule has 0 spiro atoms. The van der Waals surface area contributed by atoms with E-state index in [-0.39, 0.29) is 128 Å². The van der Waals surface area contributed by atoms with Crippen molar-refractivity contribution in [3.05, 3.63) is 114 Å². The number of alkyl halides is 13. The van der Waals surface area contributed by atoms with Crippen LogP contribution in [0.1, 0.15) is 202 Å². The van der Waals surface area contributed by atoms with Gasteiger partial charge in [0.1, 0.15) is 36.4 Å². The minimum Gasteiger partial charge on any atom is -1.00 e. The van der Waals surface area contributed by atoms with Gasteiger partial charge in [0.25, 0.3) is 17.9 Å². The van der Waals surface area contributed by atoms with E-state index in [9.17, 15) is 85.0 Å². The number of benzene rings is 3. The number of hydrogen-bond acceptors (Lipinski definition) is 21.